The van der Waals surface area contributed by atoms with Gasteiger partial charge < -0.3 is 5.32 Å². The number of benzene rings is 1. The van der Waals surface area contributed by atoms with Crippen molar-refractivity contribution in [3.63, 3.8) is 0 Å². The average Bonchev–Trinajstić information content (AvgIpc) is 2.27. The molecular formula is C12H14N2. The molecule has 1 aliphatic carbocycles. The summed E-state index contributed by atoms with van der Waals surface area (Å²) in [5, 5.41) is 3.31. The van der Waals surface area contributed by atoms with Crippen LogP contribution in [-0.4, -0.2) is 7.05 Å². The monoisotopic (exact) mass is 186 g/mol. The molecule has 0 spiro atoms. The Morgan fingerprint density at radius 1 is 1.50 bits per heavy atom. The van der Waals surface area contributed by atoms with Crippen molar-refractivity contribution in [2.24, 2.45) is 0 Å². The number of rotatable bonds is 1. The first-order valence-electron chi connectivity index (χ1n) is 5.03. The Labute approximate surface area is 84.8 Å². The van der Waals surface area contributed by atoms with Gasteiger partial charge in [-0.25, -0.2) is 4.85 Å². The summed E-state index contributed by atoms with van der Waals surface area (Å²) in [4.78, 5) is 3.57. The van der Waals surface area contributed by atoms with Crippen molar-refractivity contribution in [2.45, 2.75) is 25.3 Å². The van der Waals surface area contributed by atoms with Gasteiger partial charge in [0, 0.05) is 6.04 Å². The van der Waals surface area contributed by atoms with Crippen LogP contribution in [0.3, 0.4) is 0 Å². The van der Waals surface area contributed by atoms with E-state index >= 15 is 0 Å². The summed E-state index contributed by atoms with van der Waals surface area (Å²) in [6.07, 6.45) is 3.43. The summed E-state index contributed by atoms with van der Waals surface area (Å²) >= 11 is 0. The SMILES string of the molecule is [C-]#[N+]c1cccc2c1CCC[C@@H]2NC. The van der Waals surface area contributed by atoms with Gasteiger partial charge in [0.05, 0.1) is 6.57 Å². The van der Waals surface area contributed by atoms with Crippen LogP contribution in [0.4, 0.5) is 5.69 Å². The predicted octanol–water partition coefficient (Wildman–Crippen LogP) is 2.83. The minimum absolute atomic E-state index is 0.445. The van der Waals surface area contributed by atoms with E-state index in [1.54, 1.807) is 0 Å². The third-order valence-corrected chi connectivity index (χ3v) is 2.95. The third kappa shape index (κ3) is 1.40. The highest BCUT2D eigenvalue weighted by Gasteiger charge is 2.20. The smallest absolute Gasteiger partial charge is 0.190 e. The van der Waals surface area contributed by atoms with E-state index in [9.17, 15) is 0 Å². The van der Waals surface area contributed by atoms with Crippen LogP contribution >= 0.6 is 0 Å². The molecule has 2 nitrogen and oxygen atoms in total. The van der Waals surface area contributed by atoms with Gasteiger partial charge in [0.1, 0.15) is 0 Å². The molecule has 0 radical (unpaired) electrons. The van der Waals surface area contributed by atoms with Crippen LogP contribution in [0.5, 0.6) is 0 Å². The van der Waals surface area contributed by atoms with E-state index in [-0.39, 0.29) is 0 Å². The average molecular weight is 186 g/mol. The maximum absolute atomic E-state index is 7.11. The minimum Gasteiger partial charge on any atom is -0.313 e. The fraction of sp³-hybridized carbons (Fsp3) is 0.417. The fourth-order valence-electron chi connectivity index (χ4n) is 2.23. The van der Waals surface area contributed by atoms with Gasteiger partial charge in [0.2, 0.25) is 0 Å². The summed E-state index contributed by atoms with van der Waals surface area (Å²) in [5.41, 5.74) is 3.42. The molecule has 0 aromatic heterocycles. The molecule has 0 unspecified atom stereocenters. The van der Waals surface area contributed by atoms with Gasteiger partial charge in [-0.3, -0.25) is 0 Å². The van der Waals surface area contributed by atoms with Crippen LogP contribution in [0.25, 0.3) is 4.85 Å². The van der Waals surface area contributed by atoms with Crippen LogP contribution in [0.1, 0.15) is 30.0 Å². The molecule has 1 aliphatic rings. The summed E-state index contributed by atoms with van der Waals surface area (Å²) in [6.45, 7) is 7.11. The Morgan fingerprint density at radius 2 is 2.36 bits per heavy atom. The number of hydrogen-bond acceptors (Lipinski definition) is 1. The molecule has 1 aromatic carbocycles. The maximum atomic E-state index is 7.11. The topological polar surface area (TPSA) is 16.4 Å². The van der Waals surface area contributed by atoms with Crippen molar-refractivity contribution in [3.05, 3.63) is 40.7 Å². The molecule has 14 heavy (non-hydrogen) atoms. The van der Waals surface area contributed by atoms with Crippen LogP contribution in [0, 0.1) is 6.57 Å². The van der Waals surface area contributed by atoms with Crippen molar-refractivity contribution in [1.82, 2.24) is 5.32 Å². The van der Waals surface area contributed by atoms with E-state index in [1.165, 1.54) is 24.0 Å². The second-order valence-electron chi connectivity index (χ2n) is 3.69. The number of nitrogens with zero attached hydrogens (tertiary/aromatic N) is 1. The Morgan fingerprint density at radius 3 is 3.07 bits per heavy atom. The number of nitrogens with one attached hydrogen (secondary N) is 1. The molecule has 2 rings (SSSR count). The normalized spacial score (nSPS) is 19.9. The van der Waals surface area contributed by atoms with Crippen LogP contribution in [-0.2, 0) is 6.42 Å². The fourth-order valence-corrected chi connectivity index (χ4v) is 2.23. The Balaban J connectivity index is 2.50. The molecule has 0 saturated heterocycles. The van der Waals surface area contributed by atoms with E-state index in [0.29, 0.717) is 6.04 Å². The lowest BCUT2D eigenvalue weighted by molar-refractivity contribution is 0.497. The van der Waals surface area contributed by atoms with Gasteiger partial charge in [-0.1, -0.05) is 18.2 Å². The zero-order chi connectivity index (χ0) is 9.97. The van der Waals surface area contributed by atoms with Gasteiger partial charge in [0.25, 0.3) is 0 Å². The van der Waals surface area contributed by atoms with E-state index in [4.69, 9.17) is 6.57 Å². The van der Waals surface area contributed by atoms with E-state index in [1.807, 2.05) is 19.2 Å². The van der Waals surface area contributed by atoms with Crippen LogP contribution < -0.4 is 5.32 Å². The highest BCUT2D eigenvalue weighted by molar-refractivity contribution is 5.57. The molecular weight excluding hydrogens is 172 g/mol. The number of fused-ring (bicyclic) bond motifs is 1. The second kappa shape index (κ2) is 3.81. The molecule has 1 aromatic rings. The molecule has 2 heteroatoms. The lowest BCUT2D eigenvalue weighted by atomic mass is 9.87. The zero-order valence-corrected chi connectivity index (χ0v) is 8.38. The summed E-state index contributed by atoms with van der Waals surface area (Å²) in [7, 11) is 1.99. The standard InChI is InChI=1S/C12H14N2/c1-13-11-7-3-6-10-9(11)5-4-8-12(10)14-2/h4-5,8,11,13H,3,6-7H2,1H3/t11-/m0/s1. The van der Waals surface area contributed by atoms with Gasteiger partial charge in [-0.2, -0.15) is 0 Å². The lowest BCUT2D eigenvalue weighted by Crippen LogP contribution is -2.21. The summed E-state index contributed by atoms with van der Waals surface area (Å²) in [6, 6.07) is 6.50. The first-order valence-corrected chi connectivity index (χ1v) is 5.03. The Bertz CT molecular complexity index is 376. The zero-order valence-electron chi connectivity index (χ0n) is 8.38. The predicted molar refractivity (Wildman–Crippen MR) is 57.4 cm³/mol. The number of hydrogen-bond donors (Lipinski definition) is 1. The molecule has 0 amide bonds. The highest BCUT2D eigenvalue weighted by Crippen LogP contribution is 2.34. The molecule has 0 heterocycles. The molecule has 0 bridgehead atoms. The summed E-state index contributed by atoms with van der Waals surface area (Å²) in [5.74, 6) is 0. The van der Waals surface area contributed by atoms with Crippen molar-refractivity contribution >= 4 is 5.69 Å². The maximum Gasteiger partial charge on any atom is 0.190 e. The molecule has 1 atom stereocenters. The molecule has 0 fully saturated rings. The molecule has 72 valence electrons. The Hall–Kier alpha value is -1.33. The first kappa shape index (κ1) is 9.23. The quantitative estimate of drug-likeness (QED) is 0.667. The lowest BCUT2D eigenvalue weighted by Gasteiger charge is -2.25. The van der Waals surface area contributed by atoms with Crippen LogP contribution in [0.15, 0.2) is 18.2 Å². The molecule has 0 aliphatic heterocycles. The van der Waals surface area contributed by atoms with Crippen molar-refractivity contribution < 1.29 is 0 Å². The van der Waals surface area contributed by atoms with E-state index < -0.39 is 0 Å². The third-order valence-electron chi connectivity index (χ3n) is 2.95. The summed E-state index contributed by atoms with van der Waals surface area (Å²) < 4.78 is 0. The Kier molecular flexibility index (Phi) is 2.51. The van der Waals surface area contributed by atoms with Gasteiger partial charge >= 0.3 is 0 Å². The second-order valence-corrected chi connectivity index (χ2v) is 3.69. The molecule has 1 N–H and O–H groups in total. The van der Waals surface area contributed by atoms with E-state index in [2.05, 4.69) is 16.2 Å². The van der Waals surface area contributed by atoms with E-state index in [0.717, 1.165) is 12.1 Å². The van der Waals surface area contributed by atoms with Crippen molar-refractivity contribution in [1.29, 1.82) is 0 Å². The van der Waals surface area contributed by atoms with Crippen LogP contribution in [0.2, 0.25) is 0 Å². The first-order chi connectivity index (χ1) is 6.86. The largest absolute Gasteiger partial charge is 0.313 e. The van der Waals surface area contributed by atoms with Crippen molar-refractivity contribution in [2.75, 3.05) is 7.05 Å². The van der Waals surface area contributed by atoms with Gasteiger partial charge in [-0.05, 0) is 37.4 Å². The highest BCUT2D eigenvalue weighted by atomic mass is 14.9. The van der Waals surface area contributed by atoms with Gasteiger partial charge in [0.15, 0.2) is 5.69 Å². The molecule has 0 saturated carbocycles. The van der Waals surface area contributed by atoms with Gasteiger partial charge in [-0.15, -0.1) is 0 Å². The minimum atomic E-state index is 0.445. The van der Waals surface area contributed by atoms with Crippen molar-refractivity contribution in [3.8, 4) is 0 Å².